The number of nitrogens with zero attached hydrogens (tertiary/aromatic N) is 3. The lowest BCUT2D eigenvalue weighted by atomic mass is 10.0. The summed E-state index contributed by atoms with van der Waals surface area (Å²) in [7, 11) is 0. The van der Waals surface area contributed by atoms with Gasteiger partial charge in [-0.05, 0) is 42.7 Å². The standard InChI is InChI=1S/C23H26N6O2/c24-23(31)26-19(16-7-3-1-4-8-16)15-21(30)25-18-12-10-17(11-13-18)22-28-27-20-9-5-2-6-14-29(20)22/h1,3-4,7-8,10-13,19H,2,5-6,9,14-15H2,(H,25,30)(H3,24,26,31). The summed E-state index contributed by atoms with van der Waals surface area (Å²) in [4.78, 5) is 24.0. The molecular formula is C23H26N6O2. The highest BCUT2D eigenvalue weighted by Crippen LogP contribution is 2.24. The molecule has 31 heavy (non-hydrogen) atoms. The van der Waals surface area contributed by atoms with Crippen molar-refractivity contribution in [2.24, 2.45) is 5.73 Å². The zero-order valence-electron chi connectivity index (χ0n) is 17.3. The largest absolute Gasteiger partial charge is 0.352 e. The number of amides is 3. The quantitative estimate of drug-likeness (QED) is 0.569. The molecule has 3 aromatic rings. The van der Waals surface area contributed by atoms with E-state index in [1.807, 2.05) is 54.6 Å². The van der Waals surface area contributed by atoms with E-state index in [0.29, 0.717) is 5.69 Å². The maximum Gasteiger partial charge on any atom is 0.312 e. The Labute approximate surface area is 180 Å². The molecule has 0 saturated heterocycles. The average Bonchev–Trinajstić information content (AvgIpc) is 3.02. The second kappa shape index (κ2) is 9.42. The topological polar surface area (TPSA) is 115 Å². The number of urea groups is 1. The summed E-state index contributed by atoms with van der Waals surface area (Å²) >= 11 is 0. The first-order valence-corrected chi connectivity index (χ1v) is 10.5. The van der Waals surface area contributed by atoms with Gasteiger partial charge in [0, 0.05) is 24.2 Å². The first-order valence-electron chi connectivity index (χ1n) is 10.5. The number of aryl methyl sites for hydroxylation is 1. The molecule has 0 fully saturated rings. The van der Waals surface area contributed by atoms with Crippen LogP contribution in [0.2, 0.25) is 0 Å². The van der Waals surface area contributed by atoms with Crippen molar-refractivity contribution in [3.05, 3.63) is 66.0 Å². The fourth-order valence-electron chi connectivity index (χ4n) is 3.91. The molecule has 0 saturated carbocycles. The highest BCUT2D eigenvalue weighted by Gasteiger charge is 2.18. The molecule has 8 nitrogen and oxygen atoms in total. The van der Waals surface area contributed by atoms with Gasteiger partial charge in [-0.3, -0.25) is 4.79 Å². The van der Waals surface area contributed by atoms with Gasteiger partial charge in [0.25, 0.3) is 0 Å². The van der Waals surface area contributed by atoms with E-state index in [0.717, 1.165) is 48.6 Å². The zero-order chi connectivity index (χ0) is 21.6. The minimum absolute atomic E-state index is 0.0758. The van der Waals surface area contributed by atoms with Crippen LogP contribution in [0.3, 0.4) is 0 Å². The molecule has 4 rings (SSSR count). The highest BCUT2D eigenvalue weighted by atomic mass is 16.2. The summed E-state index contributed by atoms with van der Waals surface area (Å²) < 4.78 is 2.19. The van der Waals surface area contributed by atoms with Crippen LogP contribution in [0.4, 0.5) is 10.5 Å². The number of hydrogen-bond donors (Lipinski definition) is 3. The molecule has 160 valence electrons. The van der Waals surface area contributed by atoms with Gasteiger partial charge in [-0.15, -0.1) is 10.2 Å². The molecule has 8 heteroatoms. The lowest BCUT2D eigenvalue weighted by Gasteiger charge is -2.17. The van der Waals surface area contributed by atoms with Gasteiger partial charge in [0.2, 0.25) is 5.91 Å². The normalized spacial score (nSPS) is 14.2. The molecule has 2 heterocycles. The minimum atomic E-state index is -0.668. The van der Waals surface area contributed by atoms with E-state index < -0.39 is 12.1 Å². The molecule has 1 aliphatic heterocycles. The molecule has 0 spiro atoms. The van der Waals surface area contributed by atoms with Gasteiger partial charge in [-0.25, -0.2) is 4.79 Å². The third-order valence-corrected chi connectivity index (χ3v) is 5.44. The fraction of sp³-hybridized carbons (Fsp3) is 0.304. The monoisotopic (exact) mass is 418 g/mol. The van der Waals surface area contributed by atoms with Crippen molar-refractivity contribution in [2.45, 2.75) is 44.7 Å². The van der Waals surface area contributed by atoms with E-state index >= 15 is 0 Å². The summed E-state index contributed by atoms with van der Waals surface area (Å²) in [5.41, 5.74) is 7.75. The second-order valence-electron chi connectivity index (χ2n) is 7.70. The Morgan fingerprint density at radius 3 is 2.52 bits per heavy atom. The Bertz CT molecular complexity index is 1050. The molecule has 0 aliphatic carbocycles. The van der Waals surface area contributed by atoms with Crippen molar-refractivity contribution in [3.63, 3.8) is 0 Å². The molecule has 1 atom stereocenters. The summed E-state index contributed by atoms with van der Waals surface area (Å²) in [6.07, 6.45) is 4.53. The number of anilines is 1. The van der Waals surface area contributed by atoms with Crippen molar-refractivity contribution < 1.29 is 9.59 Å². The summed E-state index contributed by atoms with van der Waals surface area (Å²) in [6.45, 7) is 0.934. The molecule has 2 aromatic carbocycles. The molecule has 0 radical (unpaired) electrons. The first kappa shape index (κ1) is 20.6. The van der Waals surface area contributed by atoms with Gasteiger partial charge in [0.1, 0.15) is 5.82 Å². The Kier molecular flexibility index (Phi) is 6.26. The molecule has 0 bridgehead atoms. The van der Waals surface area contributed by atoms with Crippen LogP contribution in [-0.2, 0) is 17.8 Å². The number of primary amides is 1. The van der Waals surface area contributed by atoms with Crippen LogP contribution < -0.4 is 16.4 Å². The summed E-state index contributed by atoms with van der Waals surface area (Å²) in [5, 5.41) is 14.2. The fourth-order valence-corrected chi connectivity index (χ4v) is 3.91. The van der Waals surface area contributed by atoms with Crippen LogP contribution in [0.15, 0.2) is 54.6 Å². The van der Waals surface area contributed by atoms with Gasteiger partial charge >= 0.3 is 6.03 Å². The van der Waals surface area contributed by atoms with Gasteiger partial charge < -0.3 is 20.9 Å². The van der Waals surface area contributed by atoms with Crippen molar-refractivity contribution in [1.82, 2.24) is 20.1 Å². The van der Waals surface area contributed by atoms with Gasteiger partial charge in [0.15, 0.2) is 5.82 Å². The second-order valence-corrected chi connectivity index (χ2v) is 7.70. The van der Waals surface area contributed by atoms with Crippen LogP contribution >= 0.6 is 0 Å². The van der Waals surface area contributed by atoms with E-state index in [1.165, 1.54) is 6.42 Å². The van der Waals surface area contributed by atoms with Gasteiger partial charge in [0.05, 0.1) is 12.5 Å². The number of carbonyl (C=O) groups excluding carboxylic acids is 2. The smallest absolute Gasteiger partial charge is 0.312 e. The zero-order valence-corrected chi connectivity index (χ0v) is 17.3. The number of aromatic nitrogens is 3. The average molecular weight is 419 g/mol. The number of rotatable bonds is 6. The predicted molar refractivity (Wildman–Crippen MR) is 118 cm³/mol. The number of nitrogens with two attached hydrogens (primary N) is 1. The van der Waals surface area contributed by atoms with Crippen LogP contribution in [0, 0.1) is 0 Å². The molecule has 1 unspecified atom stereocenters. The van der Waals surface area contributed by atoms with E-state index in [-0.39, 0.29) is 12.3 Å². The Morgan fingerprint density at radius 1 is 1.00 bits per heavy atom. The maximum absolute atomic E-state index is 12.6. The Morgan fingerprint density at radius 2 is 1.77 bits per heavy atom. The number of fused-ring (bicyclic) bond motifs is 1. The number of hydrogen-bond acceptors (Lipinski definition) is 4. The summed E-state index contributed by atoms with van der Waals surface area (Å²) in [6, 6.07) is 15.7. The van der Waals surface area contributed by atoms with Gasteiger partial charge in [-0.1, -0.05) is 36.8 Å². The molecule has 4 N–H and O–H groups in total. The van der Waals surface area contributed by atoms with Crippen molar-refractivity contribution >= 4 is 17.6 Å². The van der Waals surface area contributed by atoms with Crippen molar-refractivity contribution in [2.75, 3.05) is 5.32 Å². The third-order valence-electron chi connectivity index (χ3n) is 5.44. The molecular weight excluding hydrogens is 392 g/mol. The Balaban J connectivity index is 1.43. The minimum Gasteiger partial charge on any atom is -0.352 e. The Hall–Kier alpha value is -3.68. The summed E-state index contributed by atoms with van der Waals surface area (Å²) in [5.74, 6) is 1.69. The molecule has 1 aromatic heterocycles. The van der Waals surface area contributed by atoms with E-state index in [1.54, 1.807) is 0 Å². The molecule has 3 amide bonds. The van der Waals surface area contributed by atoms with E-state index in [9.17, 15) is 9.59 Å². The van der Waals surface area contributed by atoms with Crippen molar-refractivity contribution in [1.29, 1.82) is 0 Å². The van der Waals surface area contributed by atoms with Crippen LogP contribution in [-0.4, -0.2) is 26.7 Å². The van der Waals surface area contributed by atoms with Crippen LogP contribution in [0.25, 0.3) is 11.4 Å². The lowest BCUT2D eigenvalue weighted by Crippen LogP contribution is -2.35. The number of benzene rings is 2. The SMILES string of the molecule is NC(=O)NC(CC(=O)Nc1ccc(-c2nnc3n2CCCCC3)cc1)c1ccccc1. The number of carbonyl (C=O) groups is 2. The molecule has 1 aliphatic rings. The van der Waals surface area contributed by atoms with Crippen LogP contribution in [0.5, 0.6) is 0 Å². The number of nitrogens with one attached hydrogen (secondary N) is 2. The first-order chi connectivity index (χ1) is 15.1. The van der Waals surface area contributed by atoms with Crippen molar-refractivity contribution in [3.8, 4) is 11.4 Å². The van der Waals surface area contributed by atoms with Crippen LogP contribution in [0.1, 0.15) is 43.1 Å². The lowest BCUT2D eigenvalue weighted by molar-refractivity contribution is -0.116. The third kappa shape index (κ3) is 5.09. The van der Waals surface area contributed by atoms with Gasteiger partial charge in [-0.2, -0.15) is 0 Å². The van der Waals surface area contributed by atoms with E-state index in [4.69, 9.17) is 5.73 Å². The maximum atomic E-state index is 12.6. The predicted octanol–water partition coefficient (Wildman–Crippen LogP) is 3.41. The highest BCUT2D eigenvalue weighted by molar-refractivity contribution is 5.91. The van der Waals surface area contributed by atoms with E-state index in [2.05, 4.69) is 25.4 Å².